The third-order valence-corrected chi connectivity index (χ3v) is 5.22. The lowest BCUT2D eigenvalue weighted by atomic mass is 10.1. The van der Waals surface area contributed by atoms with Gasteiger partial charge in [-0.3, -0.25) is 5.11 Å². The molecule has 0 heterocycles. The molecule has 1 radical (unpaired) electrons. The van der Waals surface area contributed by atoms with Crippen molar-refractivity contribution in [2.24, 2.45) is 0 Å². The minimum atomic E-state index is 0.197. The second-order valence-electron chi connectivity index (χ2n) is 5.94. The van der Waals surface area contributed by atoms with Crippen LogP contribution in [0.25, 0.3) is 10.8 Å². The fraction of sp³-hybridized carbons (Fsp3) is 0.500. The van der Waals surface area contributed by atoms with E-state index in [0.29, 0.717) is 0 Å². The molecule has 119 valence electrons. The highest BCUT2D eigenvalue weighted by atomic mass is 32.2. The van der Waals surface area contributed by atoms with Crippen molar-refractivity contribution < 1.29 is 5.11 Å². The first-order valence-electron chi connectivity index (χ1n) is 8.64. The lowest BCUT2D eigenvalue weighted by Crippen LogP contribution is -1.84. The summed E-state index contributed by atoms with van der Waals surface area (Å²) in [7, 11) is 0. The summed E-state index contributed by atoms with van der Waals surface area (Å²) in [5.41, 5.74) is 0. The third kappa shape index (κ3) is 5.24. The van der Waals surface area contributed by atoms with E-state index in [1.807, 2.05) is 30.3 Å². The molecular formula is C20H27OS. The highest BCUT2D eigenvalue weighted by Gasteiger charge is 2.08. The maximum Gasteiger partial charge on any atom is 0.199 e. The molecule has 0 saturated carbocycles. The largest absolute Gasteiger partial charge is 0.288 e. The van der Waals surface area contributed by atoms with Crippen molar-refractivity contribution in [3.05, 3.63) is 36.4 Å². The molecule has 1 nitrogen and oxygen atoms in total. The van der Waals surface area contributed by atoms with Crippen LogP contribution in [0, 0.1) is 0 Å². The summed E-state index contributed by atoms with van der Waals surface area (Å²) in [4.78, 5) is 0.904. The van der Waals surface area contributed by atoms with Crippen LogP contribution in [0.15, 0.2) is 41.3 Å². The molecule has 0 atom stereocenters. The Hall–Kier alpha value is -1.15. The number of rotatable bonds is 10. The summed E-state index contributed by atoms with van der Waals surface area (Å²) in [6, 6.07) is 11.9. The van der Waals surface area contributed by atoms with E-state index in [0.717, 1.165) is 21.4 Å². The second-order valence-corrected chi connectivity index (χ2v) is 7.07. The number of fused-ring (bicyclic) bond motifs is 1. The van der Waals surface area contributed by atoms with Crippen LogP contribution in [0.5, 0.6) is 5.75 Å². The molecule has 2 aromatic rings. The summed E-state index contributed by atoms with van der Waals surface area (Å²) in [6.07, 6.45) is 10.7. The Kier molecular flexibility index (Phi) is 7.65. The van der Waals surface area contributed by atoms with Gasteiger partial charge in [0.15, 0.2) is 5.75 Å². The SMILES string of the molecule is CCCCCCCCCCSc1ccc2ccccc2c1[O]. The fourth-order valence-corrected chi connectivity index (χ4v) is 3.73. The number of hydrogen-bond acceptors (Lipinski definition) is 1. The van der Waals surface area contributed by atoms with Gasteiger partial charge in [0.2, 0.25) is 0 Å². The summed E-state index contributed by atoms with van der Waals surface area (Å²) in [5.74, 6) is 1.25. The number of benzene rings is 2. The van der Waals surface area contributed by atoms with Gasteiger partial charge < -0.3 is 0 Å². The zero-order chi connectivity index (χ0) is 15.6. The summed E-state index contributed by atoms with van der Waals surface area (Å²) >= 11 is 1.72. The maximum absolute atomic E-state index is 12.4. The number of thioether (sulfide) groups is 1. The van der Waals surface area contributed by atoms with Crippen molar-refractivity contribution in [1.29, 1.82) is 0 Å². The van der Waals surface area contributed by atoms with Gasteiger partial charge in [0.1, 0.15) is 0 Å². The predicted molar refractivity (Wildman–Crippen MR) is 97.4 cm³/mol. The minimum Gasteiger partial charge on any atom is -0.288 e. The Balaban J connectivity index is 1.68. The first kappa shape index (κ1) is 17.2. The molecule has 0 aliphatic rings. The Morgan fingerprint density at radius 1 is 0.818 bits per heavy atom. The first-order chi connectivity index (χ1) is 10.8. The lowest BCUT2D eigenvalue weighted by Gasteiger charge is -2.06. The van der Waals surface area contributed by atoms with E-state index in [1.165, 1.54) is 51.4 Å². The van der Waals surface area contributed by atoms with Crippen LogP contribution in [0.3, 0.4) is 0 Å². The minimum absolute atomic E-state index is 0.197. The van der Waals surface area contributed by atoms with Crippen molar-refractivity contribution in [1.82, 2.24) is 0 Å². The lowest BCUT2D eigenvalue weighted by molar-refractivity contribution is 0.350. The third-order valence-electron chi connectivity index (χ3n) is 4.10. The summed E-state index contributed by atoms with van der Waals surface area (Å²) < 4.78 is 0. The van der Waals surface area contributed by atoms with Crippen molar-refractivity contribution >= 4 is 22.5 Å². The highest BCUT2D eigenvalue weighted by molar-refractivity contribution is 7.99. The second kappa shape index (κ2) is 9.78. The van der Waals surface area contributed by atoms with E-state index >= 15 is 0 Å². The van der Waals surface area contributed by atoms with Gasteiger partial charge in [0, 0.05) is 5.39 Å². The smallest absolute Gasteiger partial charge is 0.199 e. The molecule has 2 rings (SSSR count). The molecule has 0 aliphatic heterocycles. The zero-order valence-electron chi connectivity index (χ0n) is 13.6. The van der Waals surface area contributed by atoms with Crippen molar-refractivity contribution in [2.45, 2.75) is 63.2 Å². The van der Waals surface area contributed by atoms with E-state index in [9.17, 15) is 5.11 Å². The molecule has 2 aromatic carbocycles. The summed E-state index contributed by atoms with van der Waals surface area (Å²) in [6.45, 7) is 2.26. The van der Waals surface area contributed by atoms with Crippen LogP contribution in [0.2, 0.25) is 0 Å². The fourth-order valence-electron chi connectivity index (χ4n) is 2.75. The molecule has 0 bridgehead atoms. The van der Waals surface area contributed by atoms with Gasteiger partial charge >= 0.3 is 0 Å². The van der Waals surface area contributed by atoms with Gasteiger partial charge in [-0.05, 0) is 23.6 Å². The predicted octanol–water partition coefficient (Wildman–Crippen LogP) is 7.22. The molecule has 22 heavy (non-hydrogen) atoms. The van der Waals surface area contributed by atoms with Gasteiger partial charge in [-0.25, -0.2) is 0 Å². The molecule has 0 aromatic heterocycles. The highest BCUT2D eigenvalue weighted by Crippen LogP contribution is 2.36. The van der Waals surface area contributed by atoms with E-state index in [2.05, 4.69) is 13.0 Å². The van der Waals surface area contributed by atoms with Crippen LogP contribution in [-0.4, -0.2) is 5.75 Å². The molecule has 0 unspecified atom stereocenters. The molecule has 0 fully saturated rings. The van der Waals surface area contributed by atoms with Crippen LogP contribution in [-0.2, 0) is 5.11 Å². The summed E-state index contributed by atoms with van der Waals surface area (Å²) in [5, 5.41) is 14.3. The van der Waals surface area contributed by atoms with Gasteiger partial charge in [0.05, 0.1) is 4.90 Å². The monoisotopic (exact) mass is 315 g/mol. The molecule has 0 saturated heterocycles. The molecule has 2 heteroatoms. The Bertz CT molecular complexity index is 565. The topological polar surface area (TPSA) is 19.9 Å². The Labute approximate surface area is 139 Å². The average molecular weight is 316 g/mol. The quantitative estimate of drug-likeness (QED) is 0.335. The van der Waals surface area contributed by atoms with E-state index < -0.39 is 0 Å². The van der Waals surface area contributed by atoms with Crippen LogP contribution >= 0.6 is 11.8 Å². The van der Waals surface area contributed by atoms with Gasteiger partial charge in [0.25, 0.3) is 0 Å². The average Bonchev–Trinajstić information content (AvgIpc) is 2.55. The van der Waals surface area contributed by atoms with Gasteiger partial charge in [-0.15, -0.1) is 11.8 Å². The first-order valence-corrected chi connectivity index (χ1v) is 9.63. The standard InChI is InChI=1S/C20H27OS/c1-2-3-4-5-6-7-8-11-16-22-19-15-14-17-12-9-10-13-18(17)20(19)21/h9-10,12-15H,2-8,11,16H2,1H3. The van der Waals surface area contributed by atoms with E-state index in [4.69, 9.17) is 0 Å². The molecule has 0 amide bonds. The molecule has 0 aliphatic carbocycles. The maximum atomic E-state index is 12.4. The number of unbranched alkanes of at least 4 members (excludes halogenated alkanes) is 7. The molecule has 0 N–H and O–H groups in total. The zero-order valence-corrected chi connectivity index (χ0v) is 14.5. The van der Waals surface area contributed by atoms with Crippen molar-refractivity contribution in [2.75, 3.05) is 5.75 Å². The molecular weight excluding hydrogens is 288 g/mol. The van der Waals surface area contributed by atoms with Crippen molar-refractivity contribution in [3.63, 3.8) is 0 Å². The number of hydrogen-bond donors (Lipinski definition) is 0. The van der Waals surface area contributed by atoms with Gasteiger partial charge in [-0.2, -0.15) is 0 Å². The van der Waals surface area contributed by atoms with Gasteiger partial charge in [-0.1, -0.05) is 82.2 Å². The Morgan fingerprint density at radius 2 is 1.50 bits per heavy atom. The Morgan fingerprint density at radius 3 is 2.27 bits per heavy atom. The molecule has 0 spiro atoms. The van der Waals surface area contributed by atoms with Crippen LogP contribution in [0.1, 0.15) is 58.3 Å². The normalized spacial score (nSPS) is 11.1. The van der Waals surface area contributed by atoms with Crippen molar-refractivity contribution in [3.8, 4) is 5.75 Å². The van der Waals surface area contributed by atoms with E-state index in [-0.39, 0.29) is 5.75 Å². The van der Waals surface area contributed by atoms with Crippen LogP contribution in [0.4, 0.5) is 0 Å². The van der Waals surface area contributed by atoms with E-state index in [1.54, 1.807) is 11.8 Å². The van der Waals surface area contributed by atoms with Crippen LogP contribution < -0.4 is 0 Å².